The molecule has 0 spiro atoms. The minimum absolute atomic E-state index is 0.313. The normalized spacial score (nSPS) is 11.4. The van der Waals surface area contributed by atoms with E-state index in [4.69, 9.17) is 0 Å². The van der Waals surface area contributed by atoms with Crippen molar-refractivity contribution in [2.75, 3.05) is 0 Å². The van der Waals surface area contributed by atoms with Gasteiger partial charge < -0.3 is 0 Å². The van der Waals surface area contributed by atoms with Gasteiger partial charge in [0.2, 0.25) is 0 Å². The summed E-state index contributed by atoms with van der Waals surface area (Å²) >= 11 is 1.35. The van der Waals surface area contributed by atoms with Crippen molar-refractivity contribution >= 4 is 34.1 Å². The molecule has 0 unspecified atom stereocenters. The van der Waals surface area contributed by atoms with Gasteiger partial charge in [-0.3, -0.25) is 14.9 Å². The third kappa shape index (κ3) is 2.93. The lowest BCUT2D eigenvalue weighted by molar-refractivity contribution is -0.385. The highest BCUT2D eigenvalue weighted by Crippen LogP contribution is 2.36. The number of hydrogen-bond donors (Lipinski definition) is 0. The summed E-state index contributed by atoms with van der Waals surface area (Å²) in [5.74, 6) is -0.779. The molecule has 1 rings (SSSR count). The predicted octanol–water partition coefficient (Wildman–Crippen LogP) is 3.42. The zero-order valence-electron chi connectivity index (χ0n) is 8.34. The van der Waals surface area contributed by atoms with Gasteiger partial charge in [-0.2, -0.15) is 13.2 Å². The minimum atomic E-state index is -4.64. The Morgan fingerprint density at radius 2 is 1.94 bits per heavy atom. The van der Waals surface area contributed by atoms with Gasteiger partial charge in [0, 0.05) is 9.64 Å². The summed E-state index contributed by atoms with van der Waals surface area (Å²) in [7, 11) is 0. The Kier molecular flexibility index (Phi) is 3.74. The molecule has 0 aromatic heterocycles. The van der Waals surface area contributed by atoms with Crippen molar-refractivity contribution in [3.63, 3.8) is 0 Å². The van der Waals surface area contributed by atoms with Crippen molar-refractivity contribution in [1.29, 1.82) is 0 Å². The van der Waals surface area contributed by atoms with Gasteiger partial charge in [0.25, 0.3) is 5.69 Å². The molecule has 4 nitrogen and oxygen atoms in total. The number of nitro benzene ring substituents is 1. The van der Waals surface area contributed by atoms with Gasteiger partial charge >= 0.3 is 6.18 Å². The number of carbonyl (C=O) groups is 1. The zero-order valence-corrected chi connectivity index (χ0v) is 10.5. The molecule has 0 bridgehead atoms. The summed E-state index contributed by atoms with van der Waals surface area (Å²) in [6.45, 7) is 0.982. The van der Waals surface area contributed by atoms with Gasteiger partial charge in [-0.25, -0.2) is 0 Å². The molecular weight excluding hydrogens is 354 g/mol. The molecule has 17 heavy (non-hydrogen) atoms. The number of rotatable bonds is 2. The van der Waals surface area contributed by atoms with Crippen LogP contribution in [0.3, 0.4) is 0 Å². The Morgan fingerprint density at radius 1 is 1.41 bits per heavy atom. The molecule has 0 fully saturated rings. The summed E-state index contributed by atoms with van der Waals surface area (Å²) in [5, 5.41) is 10.6. The van der Waals surface area contributed by atoms with Crippen LogP contribution in [-0.4, -0.2) is 10.7 Å². The molecule has 0 amide bonds. The summed E-state index contributed by atoms with van der Waals surface area (Å²) in [6, 6.07) is 1.27. The number of Topliss-reactive ketones (excluding diaryl/α,β-unsaturated/α-hetero) is 1. The number of halogens is 4. The smallest absolute Gasteiger partial charge is 0.294 e. The molecule has 8 heteroatoms. The minimum Gasteiger partial charge on any atom is -0.294 e. The molecule has 0 saturated heterocycles. The van der Waals surface area contributed by atoms with Crippen LogP contribution >= 0.6 is 22.6 Å². The molecule has 0 radical (unpaired) electrons. The van der Waals surface area contributed by atoms with Crippen LogP contribution in [0, 0.1) is 13.7 Å². The quantitative estimate of drug-likeness (QED) is 0.352. The average molecular weight is 359 g/mol. The van der Waals surface area contributed by atoms with Crippen LogP contribution in [0.1, 0.15) is 22.8 Å². The maximum absolute atomic E-state index is 12.5. The Bertz CT molecular complexity index is 499. The van der Waals surface area contributed by atoms with Crippen molar-refractivity contribution in [2.24, 2.45) is 0 Å². The average Bonchev–Trinajstić information content (AvgIpc) is 2.14. The Balaban J connectivity index is 3.57. The van der Waals surface area contributed by atoms with Crippen molar-refractivity contribution in [1.82, 2.24) is 0 Å². The second-order valence-electron chi connectivity index (χ2n) is 3.16. The molecule has 0 aliphatic carbocycles. The number of hydrogen-bond acceptors (Lipinski definition) is 3. The van der Waals surface area contributed by atoms with E-state index in [2.05, 4.69) is 0 Å². The highest BCUT2D eigenvalue weighted by molar-refractivity contribution is 14.1. The van der Waals surface area contributed by atoms with Gasteiger partial charge in [0.15, 0.2) is 5.78 Å². The summed E-state index contributed by atoms with van der Waals surface area (Å²) < 4.78 is 37.3. The van der Waals surface area contributed by atoms with E-state index in [1.165, 1.54) is 22.6 Å². The van der Waals surface area contributed by atoms with E-state index in [-0.39, 0.29) is 3.57 Å². The molecule has 0 atom stereocenters. The number of carbonyl (C=O) groups excluding carboxylic acids is 1. The van der Waals surface area contributed by atoms with Crippen LogP contribution in [-0.2, 0) is 6.18 Å². The highest BCUT2D eigenvalue weighted by Gasteiger charge is 2.35. The topological polar surface area (TPSA) is 60.2 Å². The number of benzene rings is 1. The molecule has 0 N–H and O–H groups in total. The van der Waals surface area contributed by atoms with Crippen LogP contribution in [0.5, 0.6) is 0 Å². The highest BCUT2D eigenvalue weighted by atomic mass is 127. The molecule has 1 aromatic carbocycles. The summed E-state index contributed by atoms with van der Waals surface area (Å²) in [6.07, 6.45) is -4.64. The third-order valence-electron chi connectivity index (χ3n) is 1.97. The van der Waals surface area contributed by atoms with Crippen LogP contribution in [0.2, 0.25) is 0 Å². The fourth-order valence-corrected chi connectivity index (χ4v) is 1.97. The first-order valence-corrected chi connectivity index (χ1v) is 5.28. The Morgan fingerprint density at radius 3 is 2.29 bits per heavy atom. The SMILES string of the molecule is CC(=O)c1cc(C(F)(F)F)c(I)cc1[N+](=O)[O-]. The molecular formula is C9H5F3INO3. The van der Waals surface area contributed by atoms with Crippen LogP contribution in [0.15, 0.2) is 12.1 Å². The maximum Gasteiger partial charge on any atom is 0.417 e. The van der Waals surface area contributed by atoms with Gasteiger partial charge in [-0.15, -0.1) is 0 Å². The molecule has 0 aliphatic rings. The fraction of sp³-hybridized carbons (Fsp3) is 0.222. The number of ketones is 1. The van der Waals surface area contributed by atoms with Crippen LogP contribution < -0.4 is 0 Å². The van der Waals surface area contributed by atoms with Gasteiger partial charge in [0.05, 0.1) is 16.1 Å². The monoisotopic (exact) mass is 359 g/mol. The number of nitro groups is 1. The van der Waals surface area contributed by atoms with E-state index < -0.39 is 33.7 Å². The number of alkyl halides is 3. The molecule has 0 aliphatic heterocycles. The first kappa shape index (κ1) is 13.9. The fourth-order valence-electron chi connectivity index (χ4n) is 1.21. The maximum atomic E-state index is 12.5. The molecule has 0 heterocycles. The summed E-state index contributed by atoms with van der Waals surface area (Å²) in [5.41, 5.74) is -2.20. The Labute approximate surface area is 107 Å². The van der Waals surface area contributed by atoms with Crippen molar-refractivity contribution in [2.45, 2.75) is 13.1 Å². The van der Waals surface area contributed by atoms with E-state index in [1.54, 1.807) is 0 Å². The lowest BCUT2D eigenvalue weighted by Gasteiger charge is -2.10. The molecule has 0 saturated carbocycles. The predicted molar refractivity (Wildman–Crippen MR) is 60.8 cm³/mol. The van der Waals surface area contributed by atoms with E-state index in [9.17, 15) is 28.1 Å². The van der Waals surface area contributed by atoms with E-state index in [1.807, 2.05) is 0 Å². The van der Waals surface area contributed by atoms with Gasteiger partial charge in [-0.1, -0.05) is 0 Å². The standard InChI is InChI=1S/C9H5F3INO3/c1-4(15)5-2-6(9(10,11)12)7(13)3-8(5)14(16)17/h2-3H,1H3. The lowest BCUT2D eigenvalue weighted by Crippen LogP contribution is -2.11. The zero-order chi connectivity index (χ0) is 13.4. The first-order chi connectivity index (χ1) is 7.64. The van der Waals surface area contributed by atoms with Crippen molar-refractivity contribution in [3.05, 3.63) is 36.9 Å². The Hall–Kier alpha value is -1.19. The summed E-state index contributed by atoms with van der Waals surface area (Å²) in [4.78, 5) is 20.8. The van der Waals surface area contributed by atoms with Gasteiger partial charge in [0.1, 0.15) is 0 Å². The number of nitrogens with zero attached hydrogens (tertiary/aromatic N) is 1. The largest absolute Gasteiger partial charge is 0.417 e. The van der Waals surface area contributed by atoms with Gasteiger partial charge in [-0.05, 0) is 35.6 Å². The molecule has 92 valence electrons. The van der Waals surface area contributed by atoms with Crippen molar-refractivity contribution < 1.29 is 22.9 Å². The van der Waals surface area contributed by atoms with E-state index in [0.29, 0.717) is 6.07 Å². The molecule has 1 aromatic rings. The van der Waals surface area contributed by atoms with Crippen LogP contribution in [0.4, 0.5) is 18.9 Å². The van der Waals surface area contributed by atoms with Crippen molar-refractivity contribution in [3.8, 4) is 0 Å². The first-order valence-electron chi connectivity index (χ1n) is 4.20. The van der Waals surface area contributed by atoms with E-state index in [0.717, 1.165) is 13.0 Å². The van der Waals surface area contributed by atoms with Crippen LogP contribution in [0.25, 0.3) is 0 Å². The lowest BCUT2D eigenvalue weighted by atomic mass is 10.1. The van der Waals surface area contributed by atoms with E-state index >= 15 is 0 Å². The second-order valence-corrected chi connectivity index (χ2v) is 4.32. The third-order valence-corrected chi connectivity index (χ3v) is 2.86. The second kappa shape index (κ2) is 4.59.